The molecule has 0 spiro atoms. The van der Waals surface area contributed by atoms with Crippen LogP contribution in [0.4, 0.5) is 0 Å². The molecule has 0 unspecified atom stereocenters. The topological polar surface area (TPSA) is 102 Å². The van der Waals surface area contributed by atoms with Crippen molar-refractivity contribution < 1.29 is 24.5 Å². The van der Waals surface area contributed by atoms with E-state index in [0.29, 0.717) is 29.3 Å². The Hall–Kier alpha value is -3.09. The Labute approximate surface area is 155 Å². The fraction of sp³-hybridized carbons (Fsp3) is 0.350. The number of ether oxygens (including phenoxy) is 1. The highest BCUT2D eigenvalue weighted by Crippen LogP contribution is 2.58. The standard InChI is InChI=1S/C20H20N2O5/c1-6-22-11-7-12-20(5,19(26)13(11)9(3)21-22)15-17(25)8(2)16(24)14(10(4)23)18(15)27-12/h7,24-25H,6H2,1-5H3/t20-/m0/s1. The number of phenols is 2. The predicted molar refractivity (Wildman–Crippen MR) is 97.4 cm³/mol. The van der Waals surface area contributed by atoms with Crippen LogP contribution in [0.5, 0.6) is 17.2 Å². The first-order valence-corrected chi connectivity index (χ1v) is 8.76. The molecule has 1 aromatic heterocycles. The molecule has 0 radical (unpaired) electrons. The number of hydrogen-bond donors (Lipinski definition) is 2. The summed E-state index contributed by atoms with van der Waals surface area (Å²) in [4.78, 5) is 25.7. The number of aromatic hydroxyl groups is 2. The van der Waals surface area contributed by atoms with Crippen LogP contribution in [0.2, 0.25) is 0 Å². The van der Waals surface area contributed by atoms with Crippen molar-refractivity contribution >= 4 is 17.6 Å². The number of carbonyl (C=O) groups is 2. The van der Waals surface area contributed by atoms with E-state index in [-0.39, 0.29) is 39.7 Å². The number of aromatic nitrogens is 2. The van der Waals surface area contributed by atoms with Gasteiger partial charge in [-0.2, -0.15) is 5.10 Å². The summed E-state index contributed by atoms with van der Waals surface area (Å²) in [5, 5.41) is 25.5. The van der Waals surface area contributed by atoms with E-state index in [2.05, 4.69) is 5.10 Å². The van der Waals surface area contributed by atoms with Gasteiger partial charge in [0.1, 0.15) is 34.0 Å². The molecule has 7 nitrogen and oxygen atoms in total. The van der Waals surface area contributed by atoms with Crippen LogP contribution in [0, 0.1) is 13.8 Å². The molecule has 0 bridgehead atoms. The maximum Gasteiger partial charge on any atom is 0.185 e. The number of benzene rings is 1. The average Bonchev–Trinajstić information content (AvgIpc) is 3.08. The van der Waals surface area contributed by atoms with Crippen LogP contribution in [0.15, 0.2) is 5.76 Å². The highest BCUT2D eigenvalue weighted by molar-refractivity contribution is 6.14. The Morgan fingerprint density at radius 1 is 1.30 bits per heavy atom. The van der Waals surface area contributed by atoms with Crippen molar-refractivity contribution in [3.05, 3.63) is 39.4 Å². The number of ketones is 2. The van der Waals surface area contributed by atoms with Crippen LogP contribution < -0.4 is 4.74 Å². The van der Waals surface area contributed by atoms with Crippen molar-refractivity contribution in [2.75, 3.05) is 0 Å². The third kappa shape index (κ3) is 1.88. The minimum absolute atomic E-state index is 0.0254. The SMILES string of the molecule is CCn1nc(C)c2c1C=C1Oc3c(C(C)=O)c(O)c(C)c(O)c3[C@@]1(C)C2=O. The van der Waals surface area contributed by atoms with Gasteiger partial charge in [-0.25, -0.2) is 0 Å². The lowest BCUT2D eigenvalue weighted by molar-refractivity contribution is 0.0905. The van der Waals surface area contributed by atoms with E-state index in [1.54, 1.807) is 24.6 Å². The normalized spacial score (nSPS) is 19.9. The molecule has 0 saturated carbocycles. The quantitative estimate of drug-likeness (QED) is 0.790. The van der Waals surface area contributed by atoms with E-state index in [9.17, 15) is 19.8 Å². The number of aryl methyl sites for hydroxylation is 2. The van der Waals surface area contributed by atoms with Crippen LogP contribution in [-0.2, 0) is 12.0 Å². The van der Waals surface area contributed by atoms with Gasteiger partial charge in [0.25, 0.3) is 0 Å². The van der Waals surface area contributed by atoms with Crippen LogP contribution in [0.1, 0.15) is 64.0 Å². The molecule has 2 aliphatic rings. The fourth-order valence-corrected chi connectivity index (χ4v) is 4.10. The molecule has 0 amide bonds. The number of fused-ring (bicyclic) bond motifs is 4. The second-order valence-corrected chi connectivity index (χ2v) is 7.18. The smallest absolute Gasteiger partial charge is 0.185 e. The third-order valence-corrected chi connectivity index (χ3v) is 5.61. The summed E-state index contributed by atoms with van der Waals surface area (Å²) in [7, 11) is 0. The van der Waals surface area contributed by atoms with Gasteiger partial charge in [0, 0.05) is 18.2 Å². The lowest BCUT2D eigenvalue weighted by Gasteiger charge is -2.27. The molecule has 27 heavy (non-hydrogen) atoms. The molecule has 140 valence electrons. The Bertz CT molecular complexity index is 1090. The van der Waals surface area contributed by atoms with Crippen LogP contribution in [-0.4, -0.2) is 31.6 Å². The summed E-state index contributed by atoms with van der Waals surface area (Å²) in [6, 6.07) is 0. The highest BCUT2D eigenvalue weighted by Gasteiger charge is 2.55. The Morgan fingerprint density at radius 2 is 1.96 bits per heavy atom. The van der Waals surface area contributed by atoms with E-state index >= 15 is 0 Å². The van der Waals surface area contributed by atoms with Gasteiger partial charge in [-0.05, 0) is 34.6 Å². The van der Waals surface area contributed by atoms with Crippen LogP contribution in [0.3, 0.4) is 0 Å². The van der Waals surface area contributed by atoms with Crippen molar-refractivity contribution in [2.24, 2.45) is 0 Å². The summed E-state index contributed by atoms with van der Waals surface area (Å²) in [6.45, 7) is 8.75. The van der Waals surface area contributed by atoms with Gasteiger partial charge >= 0.3 is 0 Å². The summed E-state index contributed by atoms with van der Waals surface area (Å²) in [6.07, 6.45) is 1.73. The van der Waals surface area contributed by atoms with Gasteiger partial charge in [0.05, 0.1) is 22.5 Å². The number of carbonyl (C=O) groups excluding carboxylic acids is 2. The lowest BCUT2D eigenvalue weighted by atomic mass is 9.71. The van der Waals surface area contributed by atoms with E-state index in [0.717, 1.165) is 0 Å². The van der Waals surface area contributed by atoms with Crippen LogP contribution in [0.25, 0.3) is 6.08 Å². The van der Waals surface area contributed by atoms with Crippen molar-refractivity contribution in [3.8, 4) is 17.2 Å². The maximum atomic E-state index is 13.5. The molecule has 7 heteroatoms. The largest absolute Gasteiger partial charge is 0.507 e. The minimum atomic E-state index is -1.29. The molecule has 1 aromatic carbocycles. The van der Waals surface area contributed by atoms with Crippen LogP contribution >= 0.6 is 0 Å². The molecule has 1 aliphatic heterocycles. The maximum absolute atomic E-state index is 13.5. The first-order valence-electron chi connectivity index (χ1n) is 8.76. The molecule has 1 atom stereocenters. The van der Waals surface area contributed by atoms with E-state index in [1.807, 2.05) is 6.92 Å². The molecule has 2 heterocycles. The number of nitrogens with zero attached hydrogens (tertiary/aromatic N) is 2. The van der Waals surface area contributed by atoms with Gasteiger partial charge in [0.2, 0.25) is 0 Å². The summed E-state index contributed by atoms with van der Waals surface area (Å²) in [5.74, 6) is -0.869. The Balaban J connectivity index is 2.09. The zero-order chi connectivity index (χ0) is 19.8. The Morgan fingerprint density at radius 3 is 2.56 bits per heavy atom. The predicted octanol–water partition coefficient (Wildman–Crippen LogP) is 3.02. The van der Waals surface area contributed by atoms with E-state index in [1.165, 1.54) is 13.8 Å². The lowest BCUT2D eigenvalue weighted by Crippen LogP contribution is -2.36. The second kappa shape index (κ2) is 5.22. The summed E-state index contributed by atoms with van der Waals surface area (Å²) >= 11 is 0. The molecule has 4 rings (SSSR count). The zero-order valence-electron chi connectivity index (χ0n) is 15.8. The number of Topliss-reactive ketones (excluding diaryl/α,β-unsaturated/α-hetero) is 2. The van der Waals surface area contributed by atoms with E-state index < -0.39 is 11.2 Å². The Kier molecular flexibility index (Phi) is 3.35. The van der Waals surface area contributed by atoms with Gasteiger partial charge in [-0.1, -0.05) is 0 Å². The van der Waals surface area contributed by atoms with Gasteiger partial charge < -0.3 is 14.9 Å². The molecule has 0 saturated heterocycles. The van der Waals surface area contributed by atoms with Crippen molar-refractivity contribution in [1.82, 2.24) is 9.78 Å². The summed E-state index contributed by atoms with van der Waals surface area (Å²) < 4.78 is 7.64. The highest BCUT2D eigenvalue weighted by atomic mass is 16.5. The second-order valence-electron chi connectivity index (χ2n) is 7.18. The molecule has 2 aromatic rings. The fourth-order valence-electron chi connectivity index (χ4n) is 4.10. The van der Waals surface area contributed by atoms with Gasteiger partial charge in [-0.3, -0.25) is 14.3 Å². The van der Waals surface area contributed by atoms with Gasteiger partial charge in [-0.15, -0.1) is 0 Å². The number of allylic oxidation sites excluding steroid dienone is 1. The zero-order valence-corrected chi connectivity index (χ0v) is 15.8. The van der Waals surface area contributed by atoms with Crippen molar-refractivity contribution in [3.63, 3.8) is 0 Å². The van der Waals surface area contributed by atoms with Gasteiger partial charge in [0.15, 0.2) is 11.6 Å². The monoisotopic (exact) mass is 368 g/mol. The number of hydrogen-bond acceptors (Lipinski definition) is 6. The van der Waals surface area contributed by atoms with Crippen molar-refractivity contribution in [1.29, 1.82) is 0 Å². The molecule has 0 fully saturated rings. The van der Waals surface area contributed by atoms with Crippen molar-refractivity contribution in [2.45, 2.75) is 46.6 Å². The molecular formula is C20H20N2O5. The molecule has 1 aliphatic carbocycles. The molecular weight excluding hydrogens is 348 g/mol. The van der Waals surface area contributed by atoms with E-state index in [4.69, 9.17) is 4.74 Å². The minimum Gasteiger partial charge on any atom is -0.507 e. The molecule has 2 N–H and O–H groups in total. The first kappa shape index (κ1) is 17.3. The number of phenolic OH excluding ortho intramolecular Hbond substituents is 2. The average molecular weight is 368 g/mol. The summed E-state index contributed by atoms with van der Waals surface area (Å²) in [5.41, 5.74) is 0.768. The third-order valence-electron chi connectivity index (χ3n) is 5.61. The first-order chi connectivity index (χ1) is 12.6. The number of rotatable bonds is 2.